The average molecular weight is 260 g/mol. The van der Waals surface area contributed by atoms with E-state index < -0.39 is 5.54 Å². The Balaban J connectivity index is 3.06. The summed E-state index contributed by atoms with van der Waals surface area (Å²) >= 11 is 0. The first-order valence-corrected chi connectivity index (χ1v) is 6.67. The van der Waals surface area contributed by atoms with Gasteiger partial charge in [-0.05, 0) is 40.2 Å². The molecule has 1 rings (SSSR count). The van der Waals surface area contributed by atoms with Gasteiger partial charge in [0.25, 0.3) is 0 Å². The number of rotatable bonds is 5. The fourth-order valence-corrected chi connectivity index (χ4v) is 1.88. The van der Waals surface area contributed by atoms with Crippen LogP contribution in [-0.4, -0.2) is 18.2 Å². The molecule has 1 unspecified atom stereocenters. The summed E-state index contributed by atoms with van der Waals surface area (Å²) in [5.74, 6) is 0. The predicted molar refractivity (Wildman–Crippen MR) is 77.7 cm³/mol. The normalized spacial score (nSPS) is 15.0. The minimum atomic E-state index is -0.803. The van der Waals surface area contributed by atoms with Crippen molar-refractivity contribution in [2.45, 2.75) is 51.8 Å². The van der Waals surface area contributed by atoms with Crippen molar-refractivity contribution < 1.29 is 4.74 Å². The van der Waals surface area contributed by atoms with Crippen LogP contribution < -0.4 is 5.32 Å². The highest BCUT2D eigenvalue weighted by Crippen LogP contribution is 2.24. The van der Waals surface area contributed by atoms with E-state index in [1.54, 1.807) is 0 Å². The zero-order valence-corrected chi connectivity index (χ0v) is 12.5. The summed E-state index contributed by atoms with van der Waals surface area (Å²) in [5, 5.41) is 13.0. The van der Waals surface area contributed by atoms with Crippen LogP contribution in [-0.2, 0) is 10.3 Å². The molecule has 3 heteroatoms. The van der Waals surface area contributed by atoms with Crippen molar-refractivity contribution in [2.75, 3.05) is 6.61 Å². The third-order valence-corrected chi connectivity index (χ3v) is 2.71. The molecule has 1 aromatic carbocycles. The Kier molecular flexibility index (Phi) is 5.11. The average Bonchev–Trinajstić information content (AvgIpc) is 2.34. The fourth-order valence-electron chi connectivity index (χ4n) is 1.88. The number of nitriles is 1. The van der Waals surface area contributed by atoms with E-state index in [-0.39, 0.29) is 11.6 Å². The summed E-state index contributed by atoms with van der Waals surface area (Å²) in [4.78, 5) is 0. The number of hydrogen-bond donors (Lipinski definition) is 1. The monoisotopic (exact) mass is 260 g/mol. The van der Waals surface area contributed by atoms with Crippen LogP contribution in [0.3, 0.4) is 0 Å². The minimum Gasteiger partial charge on any atom is -0.372 e. The van der Waals surface area contributed by atoms with E-state index in [0.717, 1.165) is 5.56 Å². The quantitative estimate of drug-likeness (QED) is 0.884. The van der Waals surface area contributed by atoms with Crippen LogP contribution >= 0.6 is 0 Å². The van der Waals surface area contributed by atoms with Crippen LogP contribution in [0.15, 0.2) is 30.3 Å². The third kappa shape index (κ3) is 4.66. The molecule has 0 aromatic heterocycles. The summed E-state index contributed by atoms with van der Waals surface area (Å²) < 4.78 is 5.86. The number of benzene rings is 1. The predicted octanol–water partition coefficient (Wildman–Crippen LogP) is 3.22. The van der Waals surface area contributed by atoms with Gasteiger partial charge in [0.2, 0.25) is 0 Å². The van der Waals surface area contributed by atoms with Gasteiger partial charge in [0, 0.05) is 6.04 Å². The Hall–Kier alpha value is -1.37. The molecule has 0 aliphatic rings. The first-order valence-electron chi connectivity index (χ1n) is 6.67. The maximum absolute atomic E-state index is 9.68. The van der Waals surface area contributed by atoms with E-state index in [9.17, 15) is 5.26 Å². The van der Waals surface area contributed by atoms with Crippen molar-refractivity contribution in [3.63, 3.8) is 0 Å². The Morgan fingerprint density at radius 1 is 1.21 bits per heavy atom. The lowest BCUT2D eigenvalue weighted by molar-refractivity contribution is -0.0286. The summed E-state index contributed by atoms with van der Waals surface area (Å²) in [6.07, 6.45) is 0. The molecule has 0 heterocycles. The van der Waals surface area contributed by atoms with Gasteiger partial charge < -0.3 is 4.74 Å². The Bertz CT molecular complexity index is 428. The van der Waals surface area contributed by atoms with Crippen LogP contribution in [0.4, 0.5) is 0 Å². The van der Waals surface area contributed by atoms with E-state index in [1.807, 2.05) is 65.0 Å². The van der Waals surface area contributed by atoms with Crippen molar-refractivity contribution in [3.8, 4) is 6.07 Å². The van der Waals surface area contributed by atoms with E-state index in [2.05, 4.69) is 11.4 Å². The first-order chi connectivity index (χ1) is 8.79. The summed E-state index contributed by atoms with van der Waals surface area (Å²) in [5.41, 5.74) is -0.131. The van der Waals surface area contributed by atoms with Gasteiger partial charge in [-0.3, -0.25) is 5.32 Å². The smallest absolute Gasteiger partial charge is 0.156 e. The second-order valence-electron chi connectivity index (χ2n) is 6.08. The SMILES string of the molecule is CC(C)NC(C#N)(COC(C)(C)C)c1ccccc1. The van der Waals surface area contributed by atoms with E-state index in [0.29, 0.717) is 6.61 Å². The highest BCUT2D eigenvalue weighted by Gasteiger charge is 2.34. The molecular weight excluding hydrogens is 236 g/mol. The standard InChI is InChI=1S/C16H24N2O/c1-13(2)18-16(11-17,12-19-15(3,4)5)14-9-7-6-8-10-14/h6-10,13,18H,12H2,1-5H3. The Morgan fingerprint density at radius 2 is 1.79 bits per heavy atom. The molecule has 0 saturated heterocycles. The molecule has 0 radical (unpaired) electrons. The van der Waals surface area contributed by atoms with Crippen molar-refractivity contribution in [3.05, 3.63) is 35.9 Å². The van der Waals surface area contributed by atoms with Gasteiger partial charge in [0.1, 0.15) is 0 Å². The van der Waals surface area contributed by atoms with Crippen molar-refractivity contribution in [2.24, 2.45) is 0 Å². The van der Waals surface area contributed by atoms with Crippen LogP contribution in [0.5, 0.6) is 0 Å². The summed E-state index contributed by atoms with van der Waals surface area (Å²) in [6.45, 7) is 10.4. The summed E-state index contributed by atoms with van der Waals surface area (Å²) in [7, 11) is 0. The number of nitrogens with one attached hydrogen (secondary N) is 1. The van der Waals surface area contributed by atoms with Crippen molar-refractivity contribution >= 4 is 0 Å². The molecule has 0 saturated carbocycles. The van der Waals surface area contributed by atoms with Gasteiger partial charge in [-0.15, -0.1) is 0 Å². The van der Waals surface area contributed by atoms with Crippen molar-refractivity contribution in [1.82, 2.24) is 5.32 Å². The van der Waals surface area contributed by atoms with Gasteiger partial charge >= 0.3 is 0 Å². The summed E-state index contributed by atoms with van der Waals surface area (Å²) in [6, 6.07) is 12.4. The van der Waals surface area contributed by atoms with Crippen LogP contribution in [0, 0.1) is 11.3 Å². The van der Waals surface area contributed by atoms with Crippen molar-refractivity contribution in [1.29, 1.82) is 5.26 Å². The van der Waals surface area contributed by atoms with Crippen LogP contribution in [0.25, 0.3) is 0 Å². The second kappa shape index (κ2) is 6.18. The van der Waals surface area contributed by atoms with Gasteiger partial charge in [0.05, 0.1) is 18.3 Å². The third-order valence-electron chi connectivity index (χ3n) is 2.71. The Labute approximate surface area is 116 Å². The Morgan fingerprint density at radius 3 is 2.21 bits per heavy atom. The molecule has 1 aromatic rings. The van der Waals surface area contributed by atoms with Crippen LogP contribution in [0.1, 0.15) is 40.2 Å². The molecule has 1 atom stereocenters. The molecule has 3 nitrogen and oxygen atoms in total. The second-order valence-corrected chi connectivity index (χ2v) is 6.08. The van der Waals surface area contributed by atoms with E-state index >= 15 is 0 Å². The van der Waals surface area contributed by atoms with E-state index in [4.69, 9.17) is 4.74 Å². The zero-order chi connectivity index (χ0) is 14.5. The molecule has 0 spiro atoms. The fraction of sp³-hybridized carbons (Fsp3) is 0.562. The highest BCUT2D eigenvalue weighted by molar-refractivity contribution is 5.31. The molecule has 0 aliphatic heterocycles. The van der Waals surface area contributed by atoms with Gasteiger partial charge in [-0.2, -0.15) is 5.26 Å². The molecule has 104 valence electrons. The molecule has 0 fully saturated rings. The topological polar surface area (TPSA) is 45.0 Å². The lowest BCUT2D eigenvalue weighted by Crippen LogP contribution is -2.49. The molecule has 1 N–H and O–H groups in total. The lowest BCUT2D eigenvalue weighted by Gasteiger charge is -2.33. The zero-order valence-electron chi connectivity index (χ0n) is 12.5. The molecule has 0 aliphatic carbocycles. The minimum absolute atomic E-state index is 0.198. The largest absolute Gasteiger partial charge is 0.372 e. The molecule has 0 amide bonds. The van der Waals surface area contributed by atoms with E-state index in [1.165, 1.54) is 0 Å². The highest BCUT2D eigenvalue weighted by atomic mass is 16.5. The van der Waals surface area contributed by atoms with Crippen LogP contribution in [0.2, 0.25) is 0 Å². The molecular formula is C16H24N2O. The maximum atomic E-state index is 9.68. The maximum Gasteiger partial charge on any atom is 0.156 e. The van der Waals surface area contributed by atoms with Gasteiger partial charge in [0.15, 0.2) is 5.54 Å². The first kappa shape index (κ1) is 15.7. The molecule has 19 heavy (non-hydrogen) atoms. The number of hydrogen-bond acceptors (Lipinski definition) is 3. The lowest BCUT2D eigenvalue weighted by atomic mass is 9.91. The van der Waals surface area contributed by atoms with Gasteiger partial charge in [-0.1, -0.05) is 30.3 Å². The van der Waals surface area contributed by atoms with Gasteiger partial charge in [-0.25, -0.2) is 0 Å². The molecule has 0 bridgehead atoms. The number of ether oxygens (including phenoxy) is 1. The number of nitrogens with zero attached hydrogens (tertiary/aromatic N) is 1.